The van der Waals surface area contributed by atoms with E-state index in [0.717, 1.165) is 16.7 Å². The summed E-state index contributed by atoms with van der Waals surface area (Å²) in [6.07, 6.45) is 0.497. The molecule has 0 aromatic heterocycles. The molecule has 2 rings (SSSR count). The van der Waals surface area contributed by atoms with Crippen molar-refractivity contribution in [2.24, 2.45) is 0 Å². The predicted molar refractivity (Wildman–Crippen MR) is 61.4 cm³/mol. The van der Waals surface area contributed by atoms with Gasteiger partial charge in [0.15, 0.2) is 5.78 Å². The predicted octanol–water partition coefficient (Wildman–Crippen LogP) is 1.72. The highest BCUT2D eigenvalue weighted by atomic mass is 16.2. The van der Waals surface area contributed by atoms with Crippen LogP contribution in [0.25, 0.3) is 0 Å². The number of nitrogens with zero attached hydrogens (tertiary/aromatic N) is 1. The van der Waals surface area contributed by atoms with Crippen LogP contribution in [0.3, 0.4) is 0 Å². The van der Waals surface area contributed by atoms with E-state index in [4.69, 9.17) is 0 Å². The van der Waals surface area contributed by atoms with Crippen molar-refractivity contribution >= 4 is 11.7 Å². The number of rotatable bonds is 1. The molecule has 0 atom stereocenters. The quantitative estimate of drug-likeness (QED) is 0.718. The number of carbonyl (C=O) groups excluding carboxylic acids is 2. The van der Waals surface area contributed by atoms with E-state index in [1.165, 1.54) is 0 Å². The summed E-state index contributed by atoms with van der Waals surface area (Å²) in [7, 11) is 0. The molecule has 0 aliphatic carbocycles. The molecule has 84 valence electrons. The van der Waals surface area contributed by atoms with Crippen molar-refractivity contribution in [1.82, 2.24) is 4.90 Å². The molecule has 3 heteroatoms. The van der Waals surface area contributed by atoms with E-state index in [2.05, 4.69) is 0 Å². The summed E-state index contributed by atoms with van der Waals surface area (Å²) in [6, 6.07) is 5.82. The maximum Gasteiger partial charge on any atom is 0.254 e. The van der Waals surface area contributed by atoms with Crippen molar-refractivity contribution in [1.29, 1.82) is 0 Å². The Morgan fingerprint density at radius 2 is 2.06 bits per heavy atom. The van der Waals surface area contributed by atoms with Crippen molar-refractivity contribution in [2.45, 2.75) is 20.3 Å². The Morgan fingerprint density at radius 1 is 1.31 bits per heavy atom. The number of ketones is 1. The Morgan fingerprint density at radius 3 is 2.69 bits per heavy atom. The van der Waals surface area contributed by atoms with Gasteiger partial charge in [-0.1, -0.05) is 17.7 Å². The lowest BCUT2D eigenvalue weighted by molar-refractivity contribution is -0.116. The highest BCUT2D eigenvalue weighted by Crippen LogP contribution is 2.16. The minimum absolute atomic E-state index is 0.0212. The van der Waals surface area contributed by atoms with Crippen LogP contribution < -0.4 is 0 Å². The molecule has 3 nitrogen and oxygen atoms in total. The summed E-state index contributed by atoms with van der Waals surface area (Å²) in [5.41, 5.74) is 2.75. The zero-order valence-corrected chi connectivity index (χ0v) is 9.62. The van der Waals surface area contributed by atoms with Gasteiger partial charge in [0.1, 0.15) is 0 Å². The first-order valence-corrected chi connectivity index (χ1v) is 5.46. The van der Waals surface area contributed by atoms with Gasteiger partial charge < -0.3 is 4.90 Å². The molecule has 1 aliphatic heterocycles. The van der Waals surface area contributed by atoms with Crippen LogP contribution in [0.1, 0.15) is 27.9 Å². The molecule has 1 amide bonds. The Hall–Kier alpha value is -1.64. The molecule has 0 saturated carbocycles. The van der Waals surface area contributed by atoms with Crippen LogP contribution >= 0.6 is 0 Å². The second-order valence-electron chi connectivity index (χ2n) is 4.33. The van der Waals surface area contributed by atoms with Crippen LogP contribution in [0.2, 0.25) is 0 Å². The first-order chi connectivity index (χ1) is 7.58. The number of likely N-dealkylation sites (tertiary alicyclic amines) is 1. The number of carbonyl (C=O) groups is 2. The molecule has 0 radical (unpaired) electrons. The molecule has 0 spiro atoms. The van der Waals surface area contributed by atoms with Gasteiger partial charge >= 0.3 is 0 Å². The summed E-state index contributed by atoms with van der Waals surface area (Å²) >= 11 is 0. The Labute approximate surface area is 95.1 Å². The fourth-order valence-electron chi connectivity index (χ4n) is 1.94. The third kappa shape index (κ3) is 1.98. The molecular formula is C13H15NO2. The first kappa shape index (κ1) is 10.9. The zero-order chi connectivity index (χ0) is 11.7. The van der Waals surface area contributed by atoms with Gasteiger partial charge in [-0.15, -0.1) is 0 Å². The van der Waals surface area contributed by atoms with Gasteiger partial charge in [-0.2, -0.15) is 0 Å². The second-order valence-corrected chi connectivity index (χ2v) is 4.33. The summed E-state index contributed by atoms with van der Waals surface area (Å²) in [6.45, 7) is 4.72. The number of amides is 1. The Balaban J connectivity index is 2.27. The van der Waals surface area contributed by atoms with Crippen LogP contribution in [0, 0.1) is 13.8 Å². The molecule has 0 N–H and O–H groups in total. The van der Waals surface area contributed by atoms with Gasteiger partial charge in [0.2, 0.25) is 0 Å². The van der Waals surface area contributed by atoms with E-state index >= 15 is 0 Å². The molecule has 0 unspecified atom stereocenters. The van der Waals surface area contributed by atoms with Crippen molar-refractivity contribution < 1.29 is 9.59 Å². The average Bonchev–Trinajstić information content (AvgIpc) is 2.67. The van der Waals surface area contributed by atoms with Crippen molar-refractivity contribution in [3.63, 3.8) is 0 Å². The van der Waals surface area contributed by atoms with E-state index in [0.29, 0.717) is 13.0 Å². The van der Waals surface area contributed by atoms with Crippen LogP contribution in [0.15, 0.2) is 18.2 Å². The Bertz CT molecular complexity index is 451. The fourth-order valence-corrected chi connectivity index (χ4v) is 1.94. The molecule has 1 aromatic carbocycles. The molecular weight excluding hydrogens is 202 g/mol. The third-order valence-corrected chi connectivity index (χ3v) is 2.94. The van der Waals surface area contributed by atoms with Gasteiger partial charge in [-0.05, 0) is 25.5 Å². The topological polar surface area (TPSA) is 37.4 Å². The molecule has 16 heavy (non-hydrogen) atoms. The summed E-state index contributed by atoms with van der Waals surface area (Å²) in [5, 5.41) is 0. The monoisotopic (exact) mass is 217 g/mol. The molecule has 1 saturated heterocycles. The lowest BCUT2D eigenvalue weighted by Crippen LogP contribution is -2.29. The van der Waals surface area contributed by atoms with Crippen LogP contribution in [0.5, 0.6) is 0 Å². The molecule has 1 fully saturated rings. The lowest BCUT2D eigenvalue weighted by atomic mass is 10.0. The van der Waals surface area contributed by atoms with E-state index in [9.17, 15) is 9.59 Å². The SMILES string of the molecule is Cc1ccc(C)c(C(=O)N2CCC(=O)C2)c1. The lowest BCUT2D eigenvalue weighted by Gasteiger charge is -2.16. The molecule has 1 aliphatic rings. The van der Waals surface area contributed by atoms with Gasteiger partial charge in [-0.25, -0.2) is 0 Å². The van der Waals surface area contributed by atoms with Crippen LogP contribution in [0.4, 0.5) is 0 Å². The number of aryl methyl sites for hydroxylation is 2. The summed E-state index contributed by atoms with van der Waals surface area (Å²) in [4.78, 5) is 24.9. The average molecular weight is 217 g/mol. The fraction of sp³-hybridized carbons (Fsp3) is 0.385. The van der Waals surface area contributed by atoms with E-state index in [1.807, 2.05) is 32.0 Å². The maximum absolute atomic E-state index is 12.1. The van der Waals surface area contributed by atoms with Gasteiger partial charge in [-0.3, -0.25) is 9.59 Å². The van der Waals surface area contributed by atoms with E-state index < -0.39 is 0 Å². The minimum atomic E-state index is -0.0212. The third-order valence-electron chi connectivity index (χ3n) is 2.94. The normalized spacial score (nSPS) is 15.6. The van der Waals surface area contributed by atoms with Gasteiger partial charge in [0.05, 0.1) is 6.54 Å². The van der Waals surface area contributed by atoms with Gasteiger partial charge in [0, 0.05) is 18.5 Å². The largest absolute Gasteiger partial charge is 0.331 e. The number of benzene rings is 1. The minimum Gasteiger partial charge on any atom is -0.331 e. The highest BCUT2D eigenvalue weighted by molar-refractivity contribution is 5.99. The van der Waals surface area contributed by atoms with E-state index in [1.54, 1.807) is 4.90 Å². The smallest absolute Gasteiger partial charge is 0.254 e. The number of hydrogen-bond acceptors (Lipinski definition) is 2. The summed E-state index contributed by atoms with van der Waals surface area (Å²) in [5.74, 6) is 0.130. The second kappa shape index (κ2) is 4.08. The number of Topliss-reactive ketones (excluding diaryl/α,β-unsaturated/α-hetero) is 1. The van der Waals surface area contributed by atoms with Gasteiger partial charge in [0.25, 0.3) is 5.91 Å². The van der Waals surface area contributed by atoms with Crippen molar-refractivity contribution in [3.05, 3.63) is 34.9 Å². The molecule has 1 aromatic rings. The number of hydrogen-bond donors (Lipinski definition) is 0. The molecule has 1 heterocycles. The van der Waals surface area contributed by atoms with Crippen molar-refractivity contribution in [3.8, 4) is 0 Å². The standard InChI is InChI=1S/C13H15NO2/c1-9-3-4-10(2)12(7-9)13(16)14-6-5-11(15)8-14/h3-4,7H,5-6,8H2,1-2H3. The Kier molecular flexibility index (Phi) is 2.77. The summed E-state index contributed by atoms with van der Waals surface area (Å²) < 4.78 is 0. The first-order valence-electron chi connectivity index (χ1n) is 5.46. The van der Waals surface area contributed by atoms with Crippen LogP contribution in [-0.4, -0.2) is 29.7 Å². The van der Waals surface area contributed by atoms with E-state index in [-0.39, 0.29) is 18.2 Å². The maximum atomic E-state index is 12.1. The zero-order valence-electron chi connectivity index (χ0n) is 9.62. The van der Waals surface area contributed by atoms with Crippen LogP contribution in [-0.2, 0) is 4.79 Å². The van der Waals surface area contributed by atoms with Crippen molar-refractivity contribution in [2.75, 3.05) is 13.1 Å². The highest BCUT2D eigenvalue weighted by Gasteiger charge is 2.25. The molecule has 0 bridgehead atoms.